The largest absolute Gasteiger partial charge is 0.331 e. The highest BCUT2D eigenvalue weighted by molar-refractivity contribution is 7.15. The first-order valence-electron chi connectivity index (χ1n) is 7.92. The Hall–Kier alpha value is -2.48. The van der Waals surface area contributed by atoms with Crippen LogP contribution in [0.1, 0.15) is 47.9 Å². The van der Waals surface area contributed by atoms with E-state index in [9.17, 15) is 9.59 Å². The Morgan fingerprint density at radius 2 is 2.21 bits per heavy atom. The fourth-order valence-corrected chi connectivity index (χ4v) is 3.62. The molecule has 1 aromatic heterocycles. The highest BCUT2D eigenvalue weighted by Crippen LogP contribution is 2.42. The average molecular weight is 343 g/mol. The van der Waals surface area contributed by atoms with Crippen molar-refractivity contribution in [1.82, 2.24) is 15.5 Å². The summed E-state index contributed by atoms with van der Waals surface area (Å²) >= 11 is 1.43. The number of fused-ring (bicyclic) bond motifs is 1. The number of anilines is 2. The summed E-state index contributed by atoms with van der Waals surface area (Å²) in [6.07, 6.45) is 2.71. The molecule has 2 aliphatic rings. The summed E-state index contributed by atoms with van der Waals surface area (Å²) < 4.78 is 0. The molecule has 1 aliphatic heterocycles. The van der Waals surface area contributed by atoms with E-state index in [4.69, 9.17) is 0 Å². The molecule has 3 N–H and O–H groups in total. The fraction of sp³-hybridized carbons (Fsp3) is 0.375. The Balaban J connectivity index is 1.38. The lowest BCUT2D eigenvalue weighted by molar-refractivity contribution is -0.115. The highest BCUT2D eigenvalue weighted by Gasteiger charge is 2.28. The summed E-state index contributed by atoms with van der Waals surface area (Å²) in [4.78, 5) is 23.5. The maximum atomic E-state index is 12.1. The number of nitrogens with zero attached hydrogens (tertiary/aromatic N) is 2. The topological polar surface area (TPSA) is 96.0 Å². The first-order chi connectivity index (χ1) is 11.6. The molecule has 7 nitrogen and oxygen atoms in total. The van der Waals surface area contributed by atoms with Crippen LogP contribution in [0, 0.1) is 0 Å². The zero-order valence-electron chi connectivity index (χ0n) is 13.1. The van der Waals surface area contributed by atoms with Gasteiger partial charge in [-0.1, -0.05) is 23.5 Å². The minimum atomic E-state index is -0.310. The van der Waals surface area contributed by atoms with E-state index < -0.39 is 0 Å². The number of rotatable bonds is 4. The third-order valence-electron chi connectivity index (χ3n) is 4.19. The number of amides is 3. The van der Waals surface area contributed by atoms with Gasteiger partial charge in [-0.15, -0.1) is 10.2 Å². The van der Waals surface area contributed by atoms with Crippen LogP contribution < -0.4 is 16.0 Å². The van der Waals surface area contributed by atoms with Gasteiger partial charge in [0.25, 0.3) is 0 Å². The third kappa shape index (κ3) is 3.09. The summed E-state index contributed by atoms with van der Waals surface area (Å²) in [6.45, 7) is 1.90. The molecule has 0 radical (unpaired) electrons. The highest BCUT2D eigenvalue weighted by atomic mass is 32.1. The van der Waals surface area contributed by atoms with E-state index in [2.05, 4.69) is 26.1 Å². The maximum Gasteiger partial charge on any atom is 0.321 e. The second kappa shape index (κ2) is 5.86. The number of benzene rings is 1. The van der Waals surface area contributed by atoms with Crippen LogP contribution in [0.2, 0.25) is 0 Å². The number of carbonyl (C=O) groups is 2. The van der Waals surface area contributed by atoms with Gasteiger partial charge in [-0.2, -0.15) is 0 Å². The van der Waals surface area contributed by atoms with Crippen molar-refractivity contribution in [3.8, 4) is 0 Å². The van der Waals surface area contributed by atoms with Crippen molar-refractivity contribution >= 4 is 34.1 Å². The monoisotopic (exact) mass is 343 g/mol. The number of hydrogen-bond acceptors (Lipinski definition) is 5. The number of nitrogens with one attached hydrogen (secondary N) is 3. The lowest BCUT2D eigenvalue weighted by Crippen LogP contribution is -2.31. The van der Waals surface area contributed by atoms with Gasteiger partial charge in [0.15, 0.2) is 0 Å². The van der Waals surface area contributed by atoms with Crippen LogP contribution in [-0.4, -0.2) is 22.1 Å². The summed E-state index contributed by atoms with van der Waals surface area (Å²) in [5.41, 5.74) is 2.77. The van der Waals surface area contributed by atoms with Gasteiger partial charge in [0, 0.05) is 11.6 Å². The van der Waals surface area contributed by atoms with Crippen molar-refractivity contribution in [2.24, 2.45) is 0 Å². The maximum absolute atomic E-state index is 12.1. The Morgan fingerprint density at radius 3 is 3.00 bits per heavy atom. The van der Waals surface area contributed by atoms with Gasteiger partial charge in [-0.25, -0.2) is 4.79 Å². The molecule has 0 bridgehead atoms. The Kier molecular flexibility index (Phi) is 3.68. The summed E-state index contributed by atoms with van der Waals surface area (Å²) in [5, 5.41) is 18.0. The van der Waals surface area contributed by atoms with Gasteiger partial charge in [0.2, 0.25) is 11.0 Å². The van der Waals surface area contributed by atoms with E-state index in [1.807, 2.05) is 25.1 Å². The van der Waals surface area contributed by atoms with Gasteiger partial charge in [-0.3, -0.25) is 10.1 Å². The minimum absolute atomic E-state index is 0.00300. The standard InChI is InChI=1S/C16H17N5O2S/c1-8(10-4-5-12-11(6-10)7-13(22)18-12)17-15(23)19-16-21-20-14(24-16)9-2-3-9/h4-6,8-9H,2-3,7H2,1H3,(H,18,22)(H2,17,19,21,23). The zero-order chi connectivity index (χ0) is 16.7. The molecular formula is C16H17N5O2S. The van der Waals surface area contributed by atoms with Crippen LogP contribution >= 0.6 is 11.3 Å². The zero-order valence-corrected chi connectivity index (χ0v) is 13.9. The van der Waals surface area contributed by atoms with Crippen molar-refractivity contribution in [3.63, 3.8) is 0 Å². The number of aromatic nitrogens is 2. The average Bonchev–Trinajstić information content (AvgIpc) is 3.17. The molecule has 1 aliphatic carbocycles. The fourth-order valence-electron chi connectivity index (χ4n) is 2.71. The van der Waals surface area contributed by atoms with Crippen molar-refractivity contribution in [2.45, 2.75) is 38.1 Å². The molecule has 1 fully saturated rings. The van der Waals surface area contributed by atoms with Gasteiger partial charge in [-0.05, 0) is 37.0 Å². The quantitative estimate of drug-likeness (QED) is 0.795. The molecule has 124 valence electrons. The molecule has 1 unspecified atom stereocenters. The van der Waals surface area contributed by atoms with E-state index in [1.165, 1.54) is 11.3 Å². The molecule has 2 heterocycles. The van der Waals surface area contributed by atoms with Crippen molar-refractivity contribution in [3.05, 3.63) is 34.3 Å². The van der Waals surface area contributed by atoms with Crippen LogP contribution in [0.25, 0.3) is 0 Å². The predicted octanol–water partition coefficient (Wildman–Crippen LogP) is 2.79. The third-order valence-corrected chi connectivity index (χ3v) is 5.19. The Bertz CT molecular complexity index is 815. The predicted molar refractivity (Wildman–Crippen MR) is 91.2 cm³/mol. The molecule has 8 heteroatoms. The van der Waals surface area contributed by atoms with Gasteiger partial charge in [0.05, 0.1) is 12.5 Å². The summed E-state index contributed by atoms with van der Waals surface area (Å²) in [7, 11) is 0. The molecular weight excluding hydrogens is 326 g/mol. The second-order valence-electron chi connectivity index (χ2n) is 6.18. The van der Waals surface area contributed by atoms with Gasteiger partial charge >= 0.3 is 6.03 Å². The van der Waals surface area contributed by atoms with E-state index in [0.29, 0.717) is 17.5 Å². The SMILES string of the molecule is CC(NC(=O)Nc1nnc(C2CC2)s1)c1ccc2c(c1)CC(=O)N2. The molecule has 1 aromatic carbocycles. The number of hydrogen-bond donors (Lipinski definition) is 3. The molecule has 1 atom stereocenters. The molecule has 0 spiro atoms. The Labute approximate surface area is 142 Å². The van der Waals surface area contributed by atoms with Crippen molar-refractivity contribution in [1.29, 1.82) is 0 Å². The second-order valence-corrected chi connectivity index (χ2v) is 7.19. The number of urea groups is 1. The first-order valence-corrected chi connectivity index (χ1v) is 8.74. The normalized spacial score (nSPS) is 17.1. The minimum Gasteiger partial charge on any atom is -0.331 e. The van der Waals surface area contributed by atoms with E-state index in [-0.39, 0.29) is 18.0 Å². The smallest absolute Gasteiger partial charge is 0.321 e. The van der Waals surface area contributed by atoms with Crippen LogP contribution in [0.3, 0.4) is 0 Å². The molecule has 4 rings (SSSR count). The Morgan fingerprint density at radius 1 is 1.38 bits per heavy atom. The van der Waals surface area contributed by atoms with Crippen LogP contribution in [0.5, 0.6) is 0 Å². The van der Waals surface area contributed by atoms with E-state index in [0.717, 1.165) is 34.7 Å². The first kappa shape index (κ1) is 15.1. The van der Waals surface area contributed by atoms with Crippen molar-refractivity contribution < 1.29 is 9.59 Å². The van der Waals surface area contributed by atoms with Gasteiger partial charge in [0.1, 0.15) is 5.01 Å². The van der Waals surface area contributed by atoms with Crippen LogP contribution in [0.15, 0.2) is 18.2 Å². The molecule has 24 heavy (non-hydrogen) atoms. The molecule has 0 saturated heterocycles. The van der Waals surface area contributed by atoms with Crippen LogP contribution in [0.4, 0.5) is 15.6 Å². The van der Waals surface area contributed by atoms with E-state index in [1.54, 1.807) is 0 Å². The summed E-state index contributed by atoms with van der Waals surface area (Å²) in [6, 6.07) is 5.25. The van der Waals surface area contributed by atoms with Gasteiger partial charge < -0.3 is 10.6 Å². The molecule has 3 amide bonds. The van der Waals surface area contributed by atoms with Crippen LogP contribution in [-0.2, 0) is 11.2 Å². The van der Waals surface area contributed by atoms with Crippen molar-refractivity contribution in [2.75, 3.05) is 10.6 Å². The van der Waals surface area contributed by atoms with E-state index >= 15 is 0 Å². The molecule has 1 saturated carbocycles. The molecule has 2 aromatic rings. The lowest BCUT2D eigenvalue weighted by Gasteiger charge is -2.15. The number of carbonyl (C=O) groups excluding carboxylic acids is 2. The summed E-state index contributed by atoms with van der Waals surface area (Å²) in [5.74, 6) is 0.533. The lowest BCUT2D eigenvalue weighted by atomic mass is 10.0.